The highest BCUT2D eigenvalue weighted by Crippen LogP contribution is 2.21. The van der Waals surface area contributed by atoms with Crippen molar-refractivity contribution in [3.63, 3.8) is 0 Å². The quantitative estimate of drug-likeness (QED) is 0.789. The lowest BCUT2D eigenvalue weighted by Gasteiger charge is -2.23. The Kier molecular flexibility index (Phi) is 4.17. The van der Waals surface area contributed by atoms with Gasteiger partial charge in [0.1, 0.15) is 0 Å². The van der Waals surface area contributed by atoms with Gasteiger partial charge in [-0.25, -0.2) is 4.98 Å². The highest BCUT2D eigenvalue weighted by atomic mass is 16.5. The molecule has 0 spiro atoms. The van der Waals surface area contributed by atoms with E-state index >= 15 is 0 Å². The monoisotopic (exact) mass is 315 g/mol. The van der Waals surface area contributed by atoms with Crippen LogP contribution < -0.4 is 10.5 Å². The fraction of sp³-hybridized carbons (Fsp3) is 0.471. The molecule has 2 heterocycles. The molecule has 1 aliphatic heterocycles. The number of rotatable bonds is 2. The van der Waals surface area contributed by atoms with E-state index in [1.807, 2.05) is 6.92 Å². The number of benzene rings is 1. The number of ketones is 1. The van der Waals surface area contributed by atoms with Crippen molar-refractivity contribution in [1.82, 2.24) is 9.55 Å². The summed E-state index contributed by atoms with van der Waals surface area (Å²) in [6.07, 6.45) is 0.890. The predicted molar refractivity (Wildman–Crippen MR) is 89.4 cm³/mol. The molecule has 1 aliphatic rings. The summed E-state index contributed by atoms with van der Waals surface area (Å²) in [6, 6.07) is 3.60. The first kappa shape index (κ1) is 15.7. The maximum absolute atomic E-state index is 12.8. The number of Topliss-reactive ketones (excluding diaryl/α,β-unsaturated/α-hetero) is 1. The zero-order valence-corrected chi connectivity index (χ0v) is 13.8. The minimum atomic E-state index is -0.124. The van der Waals surface area contributed by atoms with E-state index in [4.69, 9.17) is 4.74 Å². The van der Waals surface area contributed by atoms with Gasteiger partial charge in [0, 0.05) is 32.3 Å². The molecule has 23 heavy (non-hydrogen) atoms. The van der Waals surface area contributed by atoms with Gasteiger partial charge in [0.05, 0.1) is 17.5 Å². The van der Waals surface area contributed by atoms with E-state index in [0.717, 1.165) is 25.1 Å². The lowest BCUT2D eigenvalue weighted by atomic mass is 10.0. The summed E-state index contributed by atoms with van der Waals surface area (Å²) in [5, 5.41) is 0.493. The van der Waals surface area contributed by atoms with Crippen LogP contribution in [0.2, 0.25) is 0 Å². The molecule has 0 radical (unpaired) electrons. The standard InChI is InChI=1S/C17H21N3O3/c1-11-9-13(12(2)21)15-14(10-11)16(22)19(3)17(18-15)20-5-4-7-23-8-6-20/h9-10H,4-8H2,1-3H3. The normalized spacial score (nSPS) is 15.7. The third-order valence-electron chi connectivity index (χ3n) is 4.19. The predicted octanol–water partition coefficient (Wildman–Crippen LogP) is 1.67. The summed E-state index contributed by atoms with van der Waals surface area (Å²) in [5.41, 5.74) is 1.76. The van der Waals surface area contributed by atoms with Gasteiger partial charge in [-0.3, -0.25) is 14.2 Å². The van der Waals surface area contributed by atoms with Crippen molar-refractivity contribution in [2.45, 2.75) is 20.3 Å². The van der Waals surface area contributed by atoms with Gasteiger partial charge >= 0.3 is 0 Å². The van der Waals surface area contributed by atoms with Gasteiger partial charge in [-0.15, -0.1) is 0 Å². The Morgan fingerprint density at radius 1 is 1.26 bits per heavy atom. The molecule has 0 amide bonds. The number of anilines is 1. The van der Waals surface area contributed by atoms with Crippen LogP contribution in [0.3, 0.4) is 0 Å². The third-order valence-corrected chi connectivity index (χ3v) is 4.19. The Morgan fingerprint density at radius 3 is 2.78 bits per heavy atom. The average molecular weight is 315 g/mol. The lowest BCUT2D eigenvalue weighted by molar-refractivity contribution is 0.101. The van der Waals surface area contributed by atoms with E-state index in [2.05, 4.69) is 9.88 Å². The minimum Gasteiger partial charge on any atom is -0.380 e. The molecule has 0 aliphatic carbocycles. The second-order valence-corrected chi connectivity index (χ2v) is 5.99. The molecule has 122 valence electrons. The topological polar surface area (TPSA) is 64.4 Å². The minimum absolute atomic E-state index is 0.0791. The van der Waals surface area contributed by atoms with Crippen LogP contribution in [0, 0.1) is 6.92 Å². The summed E-state index contributed by atoms with van der Waals surface area (Å²) >= 11 is 0. The Hall–Kier alpha value is -2.21. The van der Waals surface area contributed by atoms with Gasteiger partial charge in [0.2, 0.25) is 5.95 Å². The molecular weight excluding hydrogens is 294 g/mol. The second-order valence-electron chi connectivity index (χ2n) is 5.99. The Balaban J connectivity index is 2.26. The second kappa shape index (κ2) is 6.12. The zero-order valence-electron chi connectivity index (χ0n) is 13.8. The van der Waals surface area contributed by atoms with Crippen molar-refractivity contribution < 1.29 is 9.53 Å². The summed E-state index contributed by atoms with van der Waals surface area (Å²) in [5.74, 6) is 0.518. The Bertz CT molecular complexity index is 818. The number of nitrogens with zero attached hydrogens (tertiary/aromatic N) is 3. The van der Waals surface area contributed by atoms with Gasteiger partial charge < -0.3 is 9.64 Å². The van der Waals surface area contributed by atoms with Crippen molar-refractivity contribution in [2.75, 3.05) is 31.2 Å². The molecule has 0 unspecified atom stereocenters. The number of hydrogen-bond acceptors (Lipinski definition) is 5. The van der Waals surface area contributed by atoms with Crippen LogP contribution in [0.4, 0.5) is 5.95 Å². The van der Waals surface area contributed by atoms with E-state index in [9.17, 15) is 9.59 Å². The fourth-order valence-electron chi connectivity index (χ4n) is 3.01. The maximum atomic E-state index is 12.8. The van der Waals surface area contributed by atoms with Crippen LogP contribution in [0.15, 0.2) is 16.9 Å². The van der Waals surface area contributed by atoms with Crippen LogP contribution in [0.1, 0.15) is 29.3 Å². The number of hydrogen-bond donors (Lipinski definition) is 0. The average Bonchev–Trinajstić information content (AvgIpc) is 2.79. The molecule has 1 saturated heterocycles. The van der Waals surface area contributed by atoms with Gasteiger partial charge in [-0.05, 0) is 38.0 Å². The smallest absolute Gasteiger partial charge is 0.262 e. The number of carbonyl (C=O) groups excluding carboxylic acids is 1. The summed E-state index contributed by atoms with van der Waals surface area (Å²) in [7, 11) is 1.73. The maximum Gasteiger partial charge on any atom is 0.262 e. The molecule has 6 nitrogen and oxygen atoms in total. The van der Waals surface area contributed by atoms with Crippen LogP contribution in [0.5, 0.6) is 0 Å². The fourth-order valence-corrected chi connectivity index (χ4v) is 3.01. The lowest BCUT2D eigenvalue weighted by Crippen LogP contribution is -2.33. The molecule has 1 aromatic carbocycles. The van der Waals surface area contributed by atoms with Crippen LogP contribution in [-0.4, -0.2) is 41.6 Å². The van der Waals surface area contributed by atoms with Crippen LogP contribution >= 0.6 is 0 Å². The van der Waals surface area contributed by atoms with Crippen molar-refractivity contribution in [2.24, 2.45) is 7.05 Å². The first-order valence-electron chi connectivity index (χ1n) is 7.84. The number of aromatic nitrogens is 2. The number of fused-ring (bicyclic) bond motifs is 1. The van der Waals surface area contributed by atoms with E-state index < -0.39 is 0 Å². The molecule has 0 N–H and O–H groups in total. The Labute approximate surface area is 134 Å². The summed E-state index contributed by atoms with van der Waals surface area (Å²) in [6.45, 7) is 6.19. The summed E-state index contributed by atoms with van der Waals surface area (Å²) < 4.78 is 7.04. The van der Waals surface area contributed by atoms with Crippen LogP contribution in [0.25, 0.3) is 10.9 Å². The zero-order chi connectivity index (χ0) is 16.6. The molecule has 0 atom stereocenters. The highest BCUT2D eigenvalue weighted by Gasteiger charge is 2.19. The molecule has 1 aromatic heterocycles. The van der Waals surface area contributed by atoms with E-state index in [-0.39, 0.29) is 11.3 Å². The van der Waals surface area contributed by atoms with Crippen molar-refractivity contribution in [3.05, 3.63) is 33.6 Å². The highest BCUT2D eigenvalue weighted by molar-refractivity contribution is 6.05. The number of aryl methyl sites for hydroxylation is 1. The summed E-state index contributed by atoms with van der Waals surface area (Å²) in [4.78, 5) is 31.5. The number of carbonyl (C=O) groups is 1. The molecule has 6 heteroatoms. The van der Waals surface area contributed by atoms with Gasteiger partial charge in [0.25, 0.3) is 5.56 Å². The van der Waals surface area contributed by atoms with E-state index in [1.165, 1.54) is 6.92 Å². The van der Waals surface area contributed by atoms with Gasteiger partial charge in [0.15, 0.2) is 5.78 Å². The van der Waals surface area contributed by atoms with Crippen molar-refractivity contribution in [3.8, 4) is 0 Å². The van der Waals surface area contributed by atoms with Gasteiger partial charge in [-0.1, -0.05) is 0 Å². The van der Waals surface area contributed by atoms with Crippen LogP contribution in [-0.2, 0) is 11.8 Å². The van der Waals surface area contributed by atoms with Gasteiger partial charge in [-0.2, -0.15) is 0 Å². The largest absolute Gasteiger partial charge is 0.380 e. The van der Waals surface area contributed by atoms with E-state index in [1.54, 1.807) is 23.7 Å². The molecule has 0 saturated carbocycles. The van der Waals surface area contributed by atoms with Crippen molar-refractivity contribution >= 4 is 22.6 Å². The first-order chi connectivity index (χ1) is 11.0. The Morgan fingerprint density at radius 2 is 2.04 bits per heavy atom. The third kappa shape index (κ3) is 2.86. The molecule has 2 aromatic rings. The molecule has 1 fully saturated rings. The SMILES string of the molecule is CC(=O)c1cc(C)cc2c(=O)n(C)c(N3CCCOCC3)nc12. The first-order valence-corrected chi connectivity index (χ1v) is 7.84. The van der Waals surface area contributed by atoms with E-state index in [0.29, 0.717) is 35.6 Å². The number of ether oxygens (including phenoxy) is 1. The molecule has 0 bridgehead atoms. The van der Waals surface area contributed by atoms with Crippen molar-refractivity contribution in [1.29, 1.82) is 0 Å². The molecular formula is C17H21N3O3. The molecule has 3 rings (SSSR count).